The van der Waals surface area contributed by atoms with E-state index in [-0.39, 0.29) is 25.8 Å². The van der Waals surface area contributed by atoms with Gasteiger partial charge in [0.15, 0.2) is 0 Å². The molecule has 6 atom stereocenters. The van der Waals surface area contributed by atoms with Crippen LogP contribution in [-0.2, 0) is 47.9 Å². The molecule has 1 saturated heterocycles. The fourth-order valence-electron chi connectivity index (χ4n) is 5.44. The number of carboxylic acids is 2. The second-order valence-electron chi connectivity index (χ2n) is 13.4. The fourth-order valence-corrected chi connectivity index (χ4v) is 5.44. The van der Waals surface area contributed by atoms with Crippen molar-refractivity contribution in [2.24, 2.45) is 11.8 Å². The van der Waals surface area contributed by atoms with Crippen LogP contribution in [0.15, 0.2) is 0 Å². The number of amides is 7. The van der Waals surface area contributed by atoms with Crippen LogP contribution in [0.2, 0.25) is 0 Å². The molecule has 0 aromatic heterocycles. The van der Waals surface area contributed by atoms with Crippen LogP contribution in [-0.4, -0.2) is 124 Å². The van der Waals surface area contributed by atoms with E-state index in [0.717, 1.165) is 6.92 Å². The predicted molar refractivity (Wildman–Crippen MR) is 183 cm³/mol. The highest BCUT2D eigenvalue weighted by atomic mass is 16.4. The average Bonchev–Trinajstić information content (AvgIpc) is 3.55. The topological polar surface area (TPSA) is 287 Å². The molecular formula is C33H53N7O12. The summed E-state index contributed by atoms with van der Waals surface area (Å²) in [5.74, 6) is -9.85. The van der Waals surface area contributed by atoms with Crippen LogP contribution in [0.1, 0.15) is 87.0 Å². The number of ketones is 1. The van der Waals surface area contributed by atoms with E-state index in [9.17, 15) is 47.9 Å². The SMILES string of the molecule is CCC[C@H](NC(=O)[C@@H]1CCCN1C(=O)[C@@H](NC(=O)[C@@H](NC(=O)[C@H](C)NC(=O)[C@H](CCC(=O)O)NC(C)=O)C(C)C)C(C)C)C(=O)C(=O)NCC(=O)O. The van der Waals surface area contributed by atoms with E-state index in [1.54, 1.807) is 34.6 Å². The van der Waals surface area contributed by atoms with Crippen LogP contribution in [0.3, 0.4) is 0 Å². The van der Waals surface area contributed by atoms with Gasteiger partial charge < -0.3 is 47.0 Å². The number of hydrogen-bond acceptors (Lipinski definition) is 10. The third-order valence-corrected chi connectivity index (χ3v) is 8.24. The first-order valence-corrected chi connectivity index (χ1v) is 17.3. The second-order valence-corrected chi connectivity index (χ2v) is 13.4. The van der Waals surface area contributed by atoms with Crippen LogP contribution >= 0.6 is 0 Å². The zero-order valence-electron chi connectivity index (χ0n) is 30.7. The summed E-state index contributed by atoms with van der Waals surface area (Å²) in [4.78, 5) is 126. The van der Waals surface area contributed by atoms with Crippen LogP contribution in [0, 0.1) is 11.8 Å². The summed E-state index contributed by atoms with van der Waals surface area (Å²) in [6, 6.07) is -7.03. The number of likely N-dealkylation sites (tertiary alicyclic amines) is 1. The number of carbonyl (C=O) groups is 10. The van der Waals surface area contributed by atoms with Gasteiger partial charge in [0.25, 0.3) is 5.91 Å². The number of aliphatic carboxylic acids is 2. The number of rotatable bonds is 21. The summed E-state index contributed by atoms with van der Waals surface area (Å²) in [6.45, 7) is 10.2. The van der Waals surface area contributed by atoms with Crippen molar-refractivity contribution in [2.75, 3.05) is 13.1 Å². The van der Waals surface area contributed by atoms with Gasteiger partial charge in [-0.2, -0.15) is 0 Å². The van der Waals surface area contributed by atoms with Crippen molar-refractivity contribution in [1.29, 1.82) is 0 Å². The zero-order chi connectivity index (χ0) is 39.9. The molecule has 1 aliphatic heterocycles. The molecule has 0 bridgehead atoms. The minimum Gasteiger partial charge on any atom is -0.481 e. The van der Waals surface area contributed by atoms with Crippen LogP contribution in [0.5, 0.6) is 0 Å². The van der Waals surface area contributed by atoms with Gasteiger partial charge in [-0.15, -0.1) is 0 Å². The quantitative estimate of drug-likeness (QED) is 0.0605. The summed E-state index contributed by atoms with van der Waals surface area (Å²) < 4.78 is 0. The van der Waals surface area contributed by atoms with Gasteiger partial charge in [0, 0.05) is 19.9 Å². The number of nitrogens with zero attached hydrogens (tertiary/aromatic N) is 1. The number of nitrogens with one attached hydrogen (secondary N) is 6. The van der Waals surface area contributed by atoms with Crippen molar-refractivity contribution in [1.82, 2.24) is 36.8 Å². The summed E-state index contributed by atoms with van der Waals surface area (Å²) in [5, 5.41) is 32.3. The molecule has 52 heavy (non-hydrogen) atoms. The Morgan fingerprint density at radius 3 is 1.83 bits per heavy atom. The molecule has 1 rings (SSSR count). The summed E-state index contributed by atoms with van der Waals surface area (Å²) in [6.07, 6.45) is 0.520. The van der Waals surface area contributed by atoms with Gasteiger partial charge in [-0.25, -0.2) is 0 Å². The zero-order valence-corrected chi connectivity index (χ0v) is 30.7. The molecule has 0 radical (unpaired) electrons. The van der Waals surface area contributed by atoms with Gasteiger partial charge in [-0.05, 0) is 44.4 Å². The highest BCUT2D eigenvalue weighted by Crippen LogP contribution is 2.21. The predicted octanol–water partition coefficient (Wildman–Crippen LogP) is -1.81. The van der Waals surface area contributed by atoms with E-state index in [4.69, 9.17) is 10.2 Å². The highest BCUT2D eigenvalue weighted by Gasteiger charge is 2.41. The Bertz CT molecular complexity index is 1370. The van der Waals surface area contributed by atoms with E-state index in [1.165, 1.54) is 11.8 Å². The van der Waals surface area contributed by atoms with Gasteiger partial charge in [0.2, 0.25) is 41.2 Å². The van der Waals surface area contributed by atoms with Gasteiger partial charge in [-0.1, -0.05) is 41.0 Å². The van der Waals surface area contributed by atoms with Crippen molar-refractivity contribution in [3.8, 4) is 0 Å². The molecule has 0 spiro atoms. The Labute approximate surface area is 302 Å². The Morgan fingerprint density at radius 2 is 1.31 bits per heavy atom. The normalized spacial score (nSPS) is 16.8. The van der Waals surface area contributed by atoms with Crippen molar-refractivity contribution < 1.29 is 58.2 Å². The van der Waals surface area contributed by atoms with Crippen LogP contribution < -0.4 is 31.9 Å². The molecule has 1 fully saturated rings. The maximum absolute atomic E-state index is 13.9. The monoisotopic (exact) mass is 739 g/mol. The highest BCUT2D eigenvalue weighted by molar-refractivity contribution is 6.38. The fraction of sp³-hybridized carbons (Fsp3) is 0.697. The second kappa shape index (κ2) is 21.3. The minimum absolute atomic E-state index is 0.0849. The maximum atomic E-state index is 13.9. The Balaban J connectivity index is 3.06. The first-order valence-electron chi connectivity index (χ1n) is 17.3. The minimum atomic E-state index is -1.35. The largest absolute Gasteiger partial charge is 0.481 e. The number of carboxylic acid groups (broad SMARTS) is 2. The lowest BCUT2D eigenvalue weighted by Crippen LogP contribution is -2.61. The van der Waals surface area contributed by atoms with E-state index in [2.05, 4.69) is 26.6 Å². The molecule has 0 saturated carbocycles. The van der Waals surface area contributed by atoms with Crippen molar-refractivity contribution >= 4 is 59.1 Å². The summed E-state index contributed by atoms with van der Waals surface area (Å²) in [7, 11) is 0. The van der Waals surface area contributed by atoms with E-state index in [1.807, 2.05) is 5.32 Å². The molecule has 0 aromatic rings. The third-order valence-electron chi connectivity index (χ3n) is 8.24. The molecule has 7 amide bonds. The van der Waals surface area contributed by atoms with Crippen LogP contribution in [0.4, 0.5) is 0 Å². The number of Topliss-reactive ketones (excluding diaryl/α,β-unsaturated/α-hetero) is 1. The molecule has 0 aromatic carbocycles. The lowest BCUT2D eigenvalue weighted by atomic mass is 9.98. The van der Waals surface area contributed by atoms with E-state index < -0.39 is 120 Å². The average molecular weight is 740 g/mol. The lowest BCUT2D eigenvalue weighted by molar-refractivity contribution is -0.145. The van der Waals surface area contributed by atoms with Crippen LogP contribution in [0.25, 0.3) is 0 Å². The van der Waals surface area contributed by atoms with E-state index in [0.29, 0.717) is 12.8 Å². The van der Waals surface area contributed by atoms with Gasteiger partial charge in [-0.3, -0.25) is 47.9 Å². The first kappa shape index (κ1) is 44.9. The van der Waals surface area contributed by atoms with Gasteiger partial charge in [0.1, 0.15) is 36.8 Å². The molecule has 8 N–H and O–H groups in total. The Morgan fingerprint density at radius 1 is 0.712 bits per heavy atom. The molecule has 1 aliphatic rings. The summed E-state index contributed by atoms with van der Waals surface area (Å²) in [5.41, 5.74) is 0. The summed E-state index contributed by atoms with van der Waals surface area (Å²) >= 11 is 0. The van der Waals surface area contributed by atoms with Crippen molar-refractivity contribution in [3.05, 3.63) is 0 Å². The Kier molecular flexibility index (Phi) is 18.4. The van der Waals surface area contributed by atoms with Gasteiger partial charge >= 0.3 is 11.9 Å². The first-order chi connectivity index (χ1) is 24.2. The van der Waals surface area contributed by atoms with Crippen molar-refractivity contribution in [2.45, 2.75) is 123 Å². The molecular weight excluding hydrogens is 686 g/mol. The molecule has 19 nitrogen and oxygen atoms in total. The molecule has 1 heterocycles. The molecule has 0 aliphatic carbocycles. The Hall–Kier alpha value is -5.10. The lowest BCUT2D eigenvalue weighted by Gasteiger charge is -2.32. The van der Waals surface area contributed by atoms with E-state index >= 15 is 0 Å². The van der Waals surface area contributed by atoms with Crippen molar-refractivity contribution in [3.63, 3.8) is 0 Å². The molecule has 19 heteroatoms. The number of carbonyl (C=O) groups excluding carboxylic acids is 8. The molecule has 0 unspecified atom stereocenters. The standard InChI is InChI=1S/C33H53N7O12/c1-8-10-20(27(46)32(51)34-15-24(44)45)37-30(49)22-11-9-14-40(22)33(52)26(17(4)5)39-31(50)25(16(2)3)38-28(47)18(6)35-29(48)21(36-19(7)41)12-13-23(42)43/h16-18,20-22,25-26H,8-15H2,1-7H3,(H,34,51)(H,35,48)(H,36,41)(H,37,49)(H,38,47)(H,39,50)(H,42,43)(H,44,45)/t18-,20-,21-,22-,25-,26-/m0/s1. The molecule has 292 valence electrons. The number of hydrogen-bond donors (Lipinski definition) is 8. The smallest absolute Gasteiger partial charge is 0.322 e. The third kappa shape index (κ3) is 14.3. The van der Waals surface area contributed by atoms with Gasteiger partial charge in [0.05, 0.1) is 6.04 Å². The maximum Gasteiger partial charge on any atom is 0.322 e.